The Morgan fingerprint density at radius 1 is 1.64 bits per heavy atom. The second-order valence-electron chi connectivity index (χ2n) is 3.43. The van der Waals surface area contributed by atoms with Gasteiger partial charge in [-0.1, -0.05) is 0 Å². The quantitative estimate of drug-likeness (QED) is 0.722. The third kappa shape index (κ3) is 2.87. The molecule has 0 bridgehead atoms. The molecule has 0 saturated heterocycles. The summed E-state index contributed by atoms with van der Waals surface area (Å²) in [6.45, 7) is 0. The van der Waals surface area contributed by atoms with Gasteiger partial charge < -0.3 is 10.1 Å². The summed E-state index contributed by atoms with van der Waals surface area (Å²) >= 11 is 0. The van der Waals surface area contributed by atoms with E-state index in [2.05, 4.69) is 5.32 Å². The maximum atomic E-state index is 11.2. The zero-order valence-electron chi connectivity index (χ0n) is 8.50. The Bertz CT molecular complexity index is 271. The zero-order chi connectivity index (χ0) is 10.6. The Labute approximate surface area is 83.3 Å². The maximum absolute atomic E-state index is 11.2. The van der Waals surface area contributed by atoms with E-state index in [1.54, 1.807) is 14.2 Å². The number of carbonyl (C=O) groups is 2. The second-order valence-corrected chi connectivity index (χ2v) is 3.43. The molecule has 78 valence electrons. The monoisotopic (exact) mass is 197 g/mol. The summed E-state index contributed by atoms with van der Waals surface area (Å²) in [6, 6.07) is 0. The van der Waals surface area contributed by atoms with E-state index in [4.69, 9.17) is 4.74 Å². The SMILES string of the molecule is CNC(=O)CC1CC(=O)C=C(OC)C1. The summed E-state index contributed by atoms with van der Waals surface area (Å²) in [4.78, 5) is 22.3. The van der Waals surface area contributed by atoms with Crippen LogP contribution in [0.3, 0.4) is 0 Å². The van der Waals surface area contributed by atoms with Gasteiger partial charge in [-0.05, 0) is 5.92 Å². The van der Waals surface area contributed by atoms with Gasteiger partial charge in [0.25, 0.3) is 0 Å². The third-order valence-electron chi connectivity index (χ3n) is 2.32. The van der Waals surface area contributed by atoms with Crippen LogP contribution in [-0.2, 0) is 14.3 Å². The normalized spacial score (nSPS) is 21.4. The standard InChI is InChI=1S/C10H15NO3/c1-11-10(13)5-7-3-8(12)6-9(4-7)14-2/h6-7H,3-5H2,1-2H3,(H,11,13). The van der Waals surface area contributed by atoms with E-state index in [1.165, 1.54) is 6.08 Å². The summed E-state index contributed by atoms with van der Waals surface area (Å²) in [5.74, 6) is 0.778. The number of ketones is 1. The van der Waals surface area contributed by atoms with Crippen LogP contribution in [0.25, 0.3) is 0 Å². The van der Waals surface area contributed by atoms with Gasteiger partial charge in [0, 0.05) is 32.4 Å². The van der Waals surface area contributed by atoms with Crippen molar-refractivity contribution in [2.24, 2.45) is 5.92 Å². The van der Waals surface area contributed by atoms with Crippen LogP contribution in [0.1, 0.15) is 19.3 Å². The van der Waals surface area contributed by atoms with Crippen LogP contribution >= 0.6 is 0 Å². The number of rotatable bonds is 3. The number of amides is 1. The molecule has 1 rings (SSSR count). The first-order valence-electron chi connectivity index (χ1n) is 4.63. The van der Waals surface area contributed by atoms with Crippen LogP contribution in [0.5, 0.6) is 0 Å². The summed E-state index contributed by atoms with van der Waals surface area (Å²) in [6.07, 6.45) is 3.03. The predicted octanol–water partition coefficient (Wildman–Crippen LogP) is 0.632. The van der Waals surface area contributed by atoms with Gasteiger partial charge in [-0.3, -0.25) is 9.59 Å². The lowest BCUT2D eigenvalue weighted by Gasteiger charge is -2.20. The first-order valence-corrected chi connectivity index (χ1v) is 4.63. The molecule has 0 spiro atoms. The van der Waals surface area contributed by atoms with Crippen molar-refractivity contribution in [1.82, 2.24) is 5.32 Å². The van der Waals surface area contributed by atoms with Crippen molar-refractivity contribution in [2.75, 3.05) is 14.2 Å². The Kier molecular flexibility index (Phi) is 3.68. The van der Waals surface area contributed by atoms with E-state index in [1.807, 2.05) is 0 Å². The van der Waals surface area contributed by atoms with Gasteiger partial charge in [0.1, 0.15) is 0 Å². The maximum Gasteiger partial charge on any atom is 0.220 e. The molecule has 1 amide bonds. The molecule has 0 aromatic carbocycles. The van der Waals surface area contributed by atoms with E-state index < -0.39 is 0 Å². The van der Waals surface area contributed by atoms with E-state index in [-0.39, 0.29) is 17.6 Å². The molecule has 1 unspecified atom stereocenters. The van der Waals surface area contributed by atoms with E-state index in [9.17, 15) is 9.59 Å². The number of hydrogen-bond donors (Lipinski definition) is 1. The molecule has 14 heavy (non-hydrogen) atoms. The van der Waals surface area contributed by atoms with E-state index >= 15 is 0 Å². The highest BCUT2D eigenvalue weighted by Crippen LogP contribution is 2.24. The Hall–Kier alpha value is -1.32. The van der Waals surface area contributed by atoms with Crippen LogP contribution in [0, 0.1) is 5.92 Å². The van der Waals surface area contributed by atoms with Crippen LogP contribution in [0.4, 0.5) is 0 Å². The largest absolute Gasteiger partial charge is 0.501 e. The van der Waals surface area contributed by atoms with Gasteiger partial charge in [-0.25, -0.2) is 0 Å². The van der Waals surface area contributed by atoms with Gasteiger partial charge in [-0.15, -0.1) is 0 Å². The van der Waals surface area contributed by atoms with Crippen molar-refractivity contribution in [1.29, 1.82) is 0 Å². The minimum absolute atomic E-state index is 0.0276. The van der Waals surface area contributed by atoms with Gasteiger partial charge in [0.05, 0.1) is 12.9 Å². The molecule has 4 nitrogen and oxygen atoms in total. The Balaban J connectivity index is 2.54. The molecule has 4 heteroatoms. The number of hydrogen-bond acceptors (Lipinski definition) is 3. The molecule has 0 aliphatic heterocycles. The van der Waals surface area contributed by atoms with Gasteiger partial charge in [0.15, 0.2) is 5.78 Å². The molecule has 1 aliphatic carbocycles. The van der Waals surface area contributed by atoms with Crippen LogP contribution in [0.2, 0.25) is 0 Å². The van der Waals surface area contributed by atoms with Gasteiger partial charge >= 0.3 is 0 Å². The summed E-state index contributed by atoms with van der Waals surface area (Å²) in [7, 11) is 3.14. The lowest BCUT2D eigenvalue weighted by Crippen LogP contribution is -2.24. The highest BCUT2D eigenvalue weighted by atomic mass is 16.5. The summed E-state index contributed by atoms with van der Waals surface area (Å²) in [5.41, 5.74) is 0. The minimum Gasteiger partial charge on any atom is -0.501 e. The first kappa shape index (κ1) is 10.8. The van der Waals surface area contributed by atoms with Crippen molar-refractivity contribution < 1.29 is 14.3 Å². The predicted molar refractivity (Wildman–Crippen MR) is 51.5 cm³/mol. The lowest BCUT2D eigenvalue weighted by molar-refractivity contribution is -0.122. The average Bonchev–Trinajstić information content (AvgIpc) is 2.16. The molecule has 0 saturated carbocycles. The van der Waals surface area contributed by atoms with Gasteiger partial charge in [-0.2, -0.15) is 0 Å². The zero-order valence-corrected chi connectivity index (χ0v) is 8.50. The molecular weight excluding hydrogens is 182 g/mol. The topological polar surface area (TPSA) is 55.4 Å². The number of nitrogens with one attached hydrogen (secondary N) is 1. The second kappa shape index (κ2) is 4.79. The highest BCUT2D eigenvalue weighted by molar-refractivity contribution is 5.91. The highest BCUT2D eigenvalue weighted by Gasteiger charge is 2.22. The number of methoxy groups -OCH3 is 1. The van der Waals surface area contributed by atoms with E-state index in [0.29, 0.717) is 25.0 Å². The molecule has 1 aliphatic rings. The fourth-order valence-electron chi connectivity index (χ4n) is 1.59. The number of allylic oxidation sites excluding steroid dienone is 2. The van der Waals surface area contributed by atoms with Crippen molar-refractivity contribution in [3.63, 3.8) is 0 Å². The van der Waals surface area contributed by atoms with E-state index in [0.717, 1.165) is 0 Å². The number of ether oxygens (including phenoxy) is 1. The molecular formula is C10H15NO3. The fraction of sp³-hybridized carbons (Fsp3) is 0.600. The smallest absolute Gasteiger partial charge is 0.220 e. The van der Waals surface area contributed by atoms with Crippen molar-refractivity contribution in [3.05, 3.63) is 11.8 Å². The minimum atomic E-state index is -0.0276. The molecule has 0 radical (unpaired) electrons. The van der Waals surface area contributed by atoms with Crippen molar-refractivity contribution in [2.45, 2.75) is 19.3 Å². The summed E-state index contributed by atoms with van der Waals surface area (Å²) in [5, 5.41) is 2.55. The first-order chi connectivity index (χ1) is 6.65. The third-order valence-corrected chi connectivity index (χ3v) is 2.32. The molecule has 0 aromatic heterocycles. The van der Waals surface area contributed by atoms with Crippen LogP contribution in [-0.4, -0.2) is 25.8 Å². The molecule has 0 aromatic rings. The summed E-state index contributed by atoms with van der Waals surface area (Å²) < 4.78 is 5.02. The van der Waals surface area contributed by atoms with Crippen molar-refractivity contribution >= 4 is 11.7 Å². The van der Waals surface area contributed by atoms with Crippen molar-refractivity contribution in [3.8, 4) is 0 Å². The molecule has 1 atom stereocenters. The lowest BCUT2D eigenvalue weighted by atomic mass is 9.89. The molecule has 1 N–H and O–H groups in total. The molecule has 0 fully saturated rings. The fourth-order valence-corrected chi connectivity index (χ4v) is 1.59. The Morgan fingerprint density at radius 3 is 2.93 bits per heavy atom. The molecule has 0 heterocycles. The average molecular weight is 197 g/mol. The number of carbonyl (C=O) groups excluding carboxylic acids is 2. The van der Waals surface area contributed by atoms with Crippen LogP contribution in [0.15, 0.2) is 11.8 Å². The Morgan fingerprint density at radius 2 is 2.36 bits per heavy atom. The van der Waals surface area contributed by atoms with Gasteiger partial charge in [0.2, 0.25) is 5.91 Å². The van der Waals surface area contributed by atoms with Crippen LogP contribution < -0.4 is 5.32 Å².